The third kappa shape index (κ3) is 11.6. The number of ether oxygens (including phenoxy) is 1. The van der Waals surface area contributed by atoms with Gasteiger partial charge in [0.25, 0.3) is 0 Å². The first kappa shape index (κ1) is 31.8. The molecule has 37 heavy (non-hydrogen) atoms. The van der Waals surface area contributed by atoms with E-state index >= 15 is 0 Å². The summed E-state index contributed by atoms with van der Waals surface area (Å²) in [5, 5.41) is 2.78. The van der Waals surface area contributed by atoms with Crippen molar-refractivity contribution < 1.29 is 28.3 Å². The standard InChI is InChI=1S/C18H33N5O4.C8H9FO/c1-20(2)12-9-19-18(27)15(22(4)14-24)7-8-16(25)21(3)13-17(26)23-10-5-6-11-23;1-6-5-7(9)3-4-8(6)10-2/h14-15H,5-13H2,1-4H3,(H,19,27);3-5H,1-2H3. The highest BCUT2D eigenvalue weighted by molar-refractivity contribution is 5.86. The number of hydrogen-bond acceptors (Lipinski definition) is 6. The number of carbonyl (C=O) groups excluding carboxylic acids is 4. The number of nitrogens with zero attached hydrogens (tertiary/aromatic N) is 4. The third-order valence-electron chi connectivity index (χ3n) is 6.06. The number of hydrogen-bond donors (Lipinski definition) is 1. The van der Waals surface area contributed by atoms with Crippen LogP contribution < -0.4 is 10.1 Å². The first-order chi connectivity index (χ1) is 17.5. The van der Waals surface area contributed by atoms with Crippen molar-refractivity contribution in [1.82, 2.24) is 24.9 Å². The molecule has 1 aliphatic heterocycles. The van der Waals surface area contributed by atoms with Gasteiger partial charge in [-0.15, -0.1) is 0 Å². The fourth-order valence-corrected chi connectivity index (χ4v) is 3.76. The van der Waals surface area contributed by atoms with E-state index in [1.807, 2.05) is 25.9 Å². The maximum atomic E-state index is 12.4. The van der Waals surface area contributed by atoms with Gasteiger partial charge in [-0.05, 0) is 64.0 Å². The van der Waals surface area contributed by atoms with Gasteiger partial charge in [-0.25, -0.2) is 4.39 Å². The van der Waals surface area contributed by atoms with E-state index in [9.17, 15) is 23.6 Å². The van der Waals surface area contributed by atoms with Crippen molar-refractivity contribution >= 4 is 24.1 Å². The van der Waals surface area contributed by atoms with Gasteiger partial charge in [-0.1, -0.05) is 0 Å². The highest BCUT2D eigenvalue weighted by Crippen LogP contribution is 2.17. The predicted octanol–water partition coefficient (Wildman–Crippen LogP) is 1.12. The number of amides is 4. The van der Waals surface area contributed by atoms with Gasteiger partial charge in [0.15, 0.2) is 0 Å². The van der Waals surface area contributed by atoms with Crippen LogP contribution in [0.25, 0.3) is 0 Å². The molecule has 1 N–H and O–H groups in total. The number of methoxy groups -OCH3 is 1. The molecule has 1 aliphatic rings. The summed E-state index contributed by atoms with van der Waals surface area (Å²) in [5.41, 5.74) is 0.822. The molecule has 1 aromatic carbocycles. The monoisotopic (exact) mass is 523 g/mol. The molecule has 0 bridgehead atoms. The fourth-order valence-electron chi connectivity index (χ4n) is 3.76. The van der Waals surface area contributed by atoms with Crippen LogP contribution in [0.15, 0.2) is 18.2 Å². The summed E-state index contributed by atoms with van der Waals surface area (Å²) < 4.78 is 17.4. The molecule has 1 heterocycles. The maximum Gasteiger partial charge on any atom is 0.242 e. The van der Waals surface area contributed by atoms with Crippen molar-refractivity contribution in [2.75, 3.05) is 68.0 Å². The molecule has 0 saturated carbocycles. The second-order valence-corrected chi connectivity index (χ2v) is 9.37. The summed E-state index contributed by atoms with van der Waals surface area (Å²) in [6.45, 7) is 4.50. The van der Waals surface area contributed by atoms with E-state index in [4.69, 9.17) is 4.74 Å². The zero-order valence-electron chi connectivity index (χ0n) is 23.0. The summed E-state index contributed by atoms with van der Waals surface area (Å²) in [4.78, 5) is 54.3. The maximum absolute atomic E-state index is 12.4. The molecule has 11 heteroatoms. The predicted molar refractivity (Wildman–Crippen MR) is 140 cm³/mol. The van der Waals surface area contributed by atoms with Crippen LogP contribution in [-0.2, 0) is 19.2 Å². The second-order valence-electron chi connectivity index (χ2n) is 9.37. The minimum atomic E-state index is -0.712. The molecule has 1 saturated heterocycles. The van der Waals surface area contributed by atoms with Crippen LogP contribution in [0.5, 0.6) is 5.75 Å². The van der Waals surface area contributed by atoms with Crippen LogP contribution in [-0.4, -0.2) is 118 Å². The lowest BCUT2D eigenvalue weighted by molar-refractivity contribution is -0.139. The molecule has 0 radical (unpaired) electrons. The molecule has 0 aromatic heterocycles. The average Bonchev–Trinajstić information content (AvgIpc) is 3.39. The van der Waals surface area contributed by atoms with E-state index in [2.05, 4.69) is 5.32 Å². The molecule has 0 aliphatic carbocycles. The zero-order chi connectivity index (χ0) is 28.0. The van der Waals surface area contributed by atoms with E-state index < -0.39 is 6.04 Å². The Labute approximate surface area is 219 Å². The fraction of sp³-hybridized carbons (Fsp3) is 0.615. The minimum Gasteiger partial charge on any atom is -0.496 e. The van der Waals surface area contributed by atoms with E-state index in [1.54, 1.807) is 25.1 Å². The average molecular weight is 524 g/mol. The summed E-state index contributed by atoms with van der Waals surface area (Å²) in [6.07, 6.45) is 2.90. The Morgan fingerprint density at radius 1 is 1.16 bits per heavy atom. The molecule has 1 unspecified atom stereocenters. The molecule has 1 aromatic rings. The molecule has 0 spiro atoms. The van der Waals surface area contributed by atoms with Crippen molar-refractivity contribution in [1.29, 1.82) is 0 Å². The summed E-state index contributed by atoms with van der Waals surface area (Å²) in [7, 11) is 8.48. The summed E-state index contributed by atoms with van der Waals surface area (Å²) in [5.74, 6) is -0.0472. The number of nitrogens with one attached hydrogen (secondary N) is 1. The van der Waals surface area contributed by atoms with Gasteiger partial charge in [0, 0.05) is 46.7 Å². The smallest absolute Gasteiger partial charge is 0.242 e. The van der Waals surface area contributed by atoms with E-state index in [1.165, 1.54) is 29.0 Å². The van der Waals surface area contributed by atoms with Crippen LogP contribution in [0.3, 0.4) is 0 Å². The van der Waals surface area contributed by atoms with Gasteiger partial charge in [0.1, 0.15) is 17.6 Å². The van der Waals surface area contributed by atoms with Gasteiger partial charge >= 0.3 is 0 Å². The third-order valence-corrected chi connectivity index (χ3v) is 6.06. The number of likely N-dealkylation sites (N-methyl/N-ethyl adjacent to an activating group) is 3. The zero-order valence-corrected chi connectivity index (χ0v) is 23.0. The lowest BCUT2D eigenvalue weighted by Gasteiger charge is -2.25. The first-order valence-electron chi connectivity index (χ1n) is 12.4. The minimum absolute atomic E-state index is 0.0437. The Bertz CT molecular complexity index is 892. The van der Waals surface area contributed by atoms with Crippen molar-refractivity contribution in [2.24, 2.45) is 0 Å². The van der Waals surface area contributed by atoms with E-state index in [0.717, 1.165) is 37.2 Å². The quantitative estimate of drug-likeness (QED) is 0.412. The van der Waals surface area contributed by atoms with Crippen molar-refractivity contribution in [2.45, 2.75) is 38.6 Å². The van der Waals surface area contributed by atoms with E-state index in [0.29, 0.717) is 19.5 Å². The van der Waals surface area contributed by atoms with Crippen LogP contribution in [0.2, 0.25) is 0 Å². The lowest BCUT2D eigenvalue weighted by Crippen LogP contribution is -2.47. The second kappa shape index (κ2) is 16.5. The Kier molecular flexibility index (Phi) is 14.2. The lowest BCUT2D eigenvalue weighted by atomic mass is 10.1. The Balaban J connectivity index is 0.000000568. The van der Waals surface area contributed by atoms with Crippen LogP contribution in [0.1, 0.15) is 31.2 Å². The molecule has 1 fully saturated rings. The Morgan fingerprint density at radius 3 is 2.35 bits per heavy atom. The van der Waals surface area contributed by atoms with Gasteiger partial charge in [-0.2, -0.15) is 0 Å². The largest absolute Gasteiger partial charge is 0.496 e. The number of halogens is 1. The van der Waals surface area contributed by atoms with Gasteiger partial charge in [0.05, 0.1) is 13.7 Å². The van der Waals surface area contributed by atoms with Crippen molar-refractivity contribution in [3.05, 3.63) is 29.6 Å². The number of carbonyl (C=O) groups is 4. The number of benzene rings is 1. The molecular weight excluding hydrogens is 481 g/mol. The number of likely N-dealkylation sites (tertiary alicyclic amines) is 1. The van der Waals surface area contributed by atoms with Crippen LogP contribution >= 0.6 is 0 Å². The molecule has 208 valence electrons. The summed E-state index contributed by atoms with van der Waals surface area (Å²) in [6, 6.07) is 3.73. The van der Waals surface area contributed by atoms with Crippen LogP contribution in [0.4, 0.5) is 4.39 Å². The normalized spacial score (nSPS) is 13.4. The first-order valence-corrected chi connectivity index (χ1v) is 12.4. The number of rotatable bonds is 12. The Morgan fingerprint density at radius 2 is 1.81 bits per heavy atom. The SMILES string of the molecule is CN(C)CCNC(=O)C(CCC(=O)N(C)CC(=O)N1CCCC1)N(C)C=O.COc1ccc(F)cc1C. The topological polar surface area (TPSA) is 102 Å². The summed E-state index contributed by atoms with van der Waals surface area (Å²) >= 11 is 0. The highest BCUT2D eigenvalue weighted by Gasteiger charge is 2.25. The van der Waals surface area contributed by atoms with Gasteiger partial charge in [-0.3, -0.25) is 19.2 Å². The van der Waals surface area contributed by atoms with Crippen LogP contribution in [0, 0.1) is 12.7 Å². The molecule has 1 atom stereocenters. The molecule has 4 amide bonds. The molecular formula is C26H42FN5O5. The number of aryl methyl sites for hydroxylation is 1. The molecule has 10 nitrogen and oxygen atoms in total. The Hall–Kier alpha value is -3.21. The molecule has 2 rings (SSSR count). The van der Waals surface area contributed by atoms with Gasteiger partial charge < -0.3 is 29.7 Å². The van der Waals surface area contributed by atoms with Crippen molar-refractivity contribution in [3.8, 4) is 5.75 Å². The van der Waals surface area contributed by atoms with Crippen molar-refractivity contribution in [3.63, 3.8) is 0 Å². The van der Waals surface area contributed by atoms with Gasteiger partial charge in [0.2, 0.25) is 24.1 Å². The van der Waals surface area contributed by atoms with E-state index in [-0.39, 0.29) is 42.9 Å². The highest BCUT2D eigenvalue weighted by atomic mass is 19.1.